The van der Waals surface area contributed by atoms with Crippen LogP contribution in [0.4, 0.5) is 13.2 Å². The van der Waals surface area contributed by atoms with E-state index in [1.54, 1.807) is 6.07 Å². The first-order chi connectivity index (χ1) is 6.45. The predicted octanol–water partition coefficient (Wildman–Crippen LogP) is 2.15. The Balaban J connectivity index is 2.94. The molecule has 0 aliphatic heterocycles. The summed E-state index contributed by atoms with van der Waals surface area (Å²) in [5.74, 6) is 0. The van der Waals surface area contributed by atoms with E-state index in [0.29, 0.717) is 0 Å². The van der Waals surface area contributed by atoms with Gasteiger partial charge in [-0.15, -0.1) is 0 Å². The molecule has 5 heteroatoms. The van der Waals surface area contributed by atoms with Crippen LogP contribution in [-0.4, -0.2) is 11.3 Å². The SMILES string of the molecule is N#Cc1ccc(C(O)C(F)(F)F)cc1. The summed E-state index contributed by atoms with van der Waals surface area (Å²) in [6.07, 6.45) is -7.16. The third kappa shape index (κ3) is 2.24. The van der Waals surface area contributed by atoms with Crippen molar-refractivity contribution in [3.8, 4) is 6.07 Å². The van der Waals surface area contributed by atoms with Crippen LogP contribution in [0.3, 0.4) is 0 Å². The summed E-state index contributed by atoms with van der Waals surface area (Å²) in [6.45, 7) is 0. The van der Waals surface area contributed by atoms with Crippen molar-refractivity contribution in [1.82, 2.24) is 0 Å². The molecule has 1 atom stereocenters. The van der Waals surface area contributed by atoms with Crippen LogP contribution in [0.15, 0.2) is 24.3 Å². The number of hydrogen-bond donors (Lipinski definition) is 1. The second-order valence-corrected chi connectivity index (χ2v) is 2.68. The minimum atomic E-state index is -4.67. The summed E-state index contributed by atoms with van der Waals surface area (Å²) in [7, 11) is 0. The molecule has 14 heavy (non-hydrogen) atoms. The molecular formula is C9H6F3NO. The molecule has 0 amide bonds. The number of halogens is 3. The zero-order valence-electron chi connectivity index (χ0n) is 6.92. The Morgan fingerprint density at radius 1 is 1.21 bits per heavy atom. The first-order valence-electron chi connectivity index (χ1n) is 3.70. The lowest BCUT2D eigenvalue weighted by Crippen LogP contribution is -2.19. The zero-order chi connectivity index (χ0) is 10.8. The minimum absolute atomic E-state index is 0.253. The average molecular weight is 201 g/mol. The lowest BCUT2D eigenvalue weighted by atomic mass is 10.1. The molecule has 74 valence electrons. The summed E-state index contributed by atoms with van der Waals surface area (Å²) >= 11 is 0. The highest BCUT2D eigenvalue weighted by Gasteiger charge is 2.39. The molecule has 0 spiro atoms. The van der Waals surface area contributed by atoms with E-state index >= 15 is 0 Å². The fourth-order valence-electron chi connectivity index (χ4n) is 0.929. The fraction of sp³-hybridized carbons (Fsp3) is 0.222. The van der Waals surface area contributed by atoms with Crippen LogP contribution in [0.2, 0.25) is 0 Å². The molecule has 0 aliphatic carbocycles. The van der Waals surface area contributed by atoms with Crippen LogP contribution in [0.5, 0.6) is 0 Å². The Hall–Kier alpha value is -1.54. The molecule has 1 aromatic carbocycles. The van der Waals surface area contributed by atoms with Gasteiger partial charge in [-0.2, -0.15) is 18.4 Å². The third-order valence-corrected chi connectivity index (χ3v) is 1.67. The fourth-order valence-corrected chi connectivity index (χ4v) is 0.929. The van der Waals surface area contributed by atoms with Crippen molar-refractivity contribution >= 4 is 0 Å². The molecule has 1 unspecified atom stereocenters. The lowest BCUT2D eigenvalue weighted by Gasteiger charge is -2.14. The number of nitriles is 1. The predicted molar refractivity (Wildman–Crippen MR) is 42.2 cm³/mol. The molecule has 0 aromatic heterocycles. The molecule has 0 radical (unpaired) electrons. The summed E-state index contributed by atoms with van der Waals surface area (Å²) < 4.78 is 36.0. The number of rotatable bonds is 1. The Labute approximate surface area is 78.2 Å². The van der Waals surface area contributed by atoms with Gasteiger partial charge >= 0.3 is 6.18 Å². The van der Waals surface area contributed by atoms with E-state index in [0.717, 1.165) is 12.1 Å². The normalized spacial score (nSPS) is 13.4. The topological polar surface area (TPSA) is 44.0 Å². The van der Waals surface area contributed by atoms with Crippen molar-refractivity contribution < 1.29 is 18.3 Å². The second kappa shape index (κ2) is 3.68. The molecule has 0 saturated carbocycles. The van der Waals surface area contributed by atoms with Gasteiger partial charge in [-0.3, -0.25) is 0 Å². The standard InChI is InChI=1S/C9H6F3NO/c10-9(11,12)8(14)7-3-1-6(5-13)2-4-7/h1-4,8,14H. The number of benzene rings is 1. The third-order valence-electron chi connectivity index (χ3n) is 1.67. The van der Waals surface area contributed by atoms with Crippen LogP contribution < -0.4 is 0 Å². The number of nitrogens with zero attached hydrogens (tertiary/aromatic N) is 1. The van der Waals surface area contributed by atoms with Gasteiger partial charge in [0.15, 0.2) is 6.10 Å². The maximum absolute atomic E-state index is 12.0. The average Bonchev–Trinajstić information content (AvgIpc) is 2.15. The zero-order valence-corrected chi connectivity index (χ0v) is 6.92. The van der Waals surface area contributed by atoms with Crippen LogP contribution >= 0.6 is 0 Å². The minimum Gasteiger partial charge on any atom is -0.379 e. The maximum atomic E-state index is 12.0. The van der Waals surface area contributed by atoms with Crippen LogP contribution in [0, 0.1) is 11.3 Å². The lowest BCUT2D eigenvalue weighted by molar-refractivity contribution is -0.206. The Bertz CT molecular complexity index is 350. The molecular weight excluding hydrogens is 195 g/mol. The van der Waals surface area contributed by atoms with Gasteiger partial charge in [0.1, 0.15) is 0 Å². The van der Waals surface area contributed by atoms with E-state index in [2.05, 4.69) is 0 Å². The van der Waals surface area contributed by atoms with Gasteiger partial charge in [-0.1, -0.05) is 12.1 Å². The van der Waals surface area contributed by atoms with Crippen molar-refractivity contribution in [3.63, 3.8) is 0 Å². The molecule has 1 aromatic rings. The van der Waals surface area contributed by atoms with E-state index < -0.39 is 12.3 Å². The molecule has 0 bridgehead atoms. The first-order valence-corrected chi connectivity index (χ1v) is 3.70. The van der Waals surface area contributed by atoms with Gasteiger partial charge in [-0.25, -0.2) is 0 Å². The Morgan fingerprint density at radius 2 is 1.71 bits per heavy atom. The molecule has 0 aliphatic rings. The number of aliphatic hydroxyl groups excluding tert-OH is 1. The summed E-state index contributed by atoms with van der Waals surface area (Å²) in [6, 6.07) is 6.38. The molecule has 0 saturated heterocycles. The van der Waals surface area contributed by atoms with Crippen LogP contribution in [-0.2, 0) is 0 Å². The summed E-state index contributed by atoms with van der Waals surface area (Å²) in [5.41, 5.74) is -0.0142. The largest absolute Gasteiger partial charge is 0.418 e. The van der Waals surface area contributed by atoms with Crippen molar-refractivity contribution in [3.05, 3.63) is 35.4 Å². The number of alkyl halides is 3. The summed E-state index contributed by atoms with van der Waals surface area (Å²) in [4.78, 5) is 0. The van der Waals surface area contributed by atoms with Gasteiger partial charge < -0.3 is 5.11 Å². The maximum Gasteiger partial charge on any atom is 0.418 e. The van der Waals surface area contributed by atoms with E-state index in [1.807, 2.05) is 0 Å². The molecule has 1 rings (SSSR count). The van der Waals surface area contributed by atoms with Gasteiger partial charge in [0, 0.05) is 0 Å². The van der Waals surface area contributed by atoms with Gasteiger partial charge in [0.2, 0.25) is 0 Å². The number of aliphatic hydroxyl groups is 1. The monoisotopic (exact) mass is 201 g/mol. The van der Waals surface area contributed by atoms with E-state index in [-0.39, 0.29) is 11.1 Å². The van der Waals surface area contributed by atoms with E-state index in [1.165, 1.54) is 12.1 Å². The smallest absolute Gasteiger partial charge is 0.379 e. The highest BCUT2D eigenvalue weighted by Crippen LogP contribution is 2.32. The van der Waals surface area contributed by atoms with Gasteiger partial charge in [0.25, 0.3) is 0 Å². The Kier molecular flexibility index (Phi) is 2.77. The van der Waals surface area contributed by atoms with Crippen molar-refractivity contribution in [2.75, 3.05) is 0 Å². The molecule has 0 fully saturated rings. The van der Waals surface area contributed by atoms with Crippen LogP contribution in [0.1, 0.15) is 17.2 Å². The van der Waals surface area contributed by atoms with Crippen molar-refractivity contribution in [2.24, 2.45) is 0 Å². The highest BCUT2D eigenvalue weighted by molar-refractivity contribution is 5.32. The van der Waals surface area contributed by atoms with Gasteiger partial charge in [0.05, 0.1) is 11.6 Å². The second-order valence-electron chi connectivity index (χ2n) is 2.68. The quantitative estimate of drug-likeness (QED) is 0.756. The number of hydrogen-bond acceptors (Lipinski definition) is 2. The molecule has 2 nitrogen and oxygen atoms in total. The van der Waals surface area contributed by atoms with Crippen molar-refractivity contribution in [1.29, 1.82) is 5.26 Å². The van der Waals surface area contributed by atoms with Gasteiger partial charge in [-0.05, 0) is 17.7 Å². The highest BCUT2D eigenvalue weighted by atomic mass is 19.4. The molecule has 1 N–H and O–H groups in total. The van der Waals surface area contributed by atoms with E-state index in [9.17, 15) is 13.2 Å². The summed E-state index contributed by atoms with van der Waals surface area (Å²) in [5, 5.41) is 17.2. The van der Waals surface area contributed by atoms with Crippen LogP contribution in [0.25, 0.3) is 0 Å². The van der Waals surface area contributed by atoms with E-state index in [4.69, 9.17) is 10.4 Å². The molecule has 0 heterocycles. The first kappa shape index (κ1) is 10.5. The van der Waals surface area contributed by atoms with Crippen molar-refractivity contribution in [2.45, 2.75) is 12.3 Å². The Morgan fingerprint density at radius 3 is 2.07 bits per heavy atom.